The van der Waals surface area contributed by atoms with E-state index in [0.717, 1.165) is 41.8 Å². The lowest BCUT2D eigenvalue weighted by Crippen LogP contribution is -2.32. The lowest BCUT2D eigenvalue weighted by Gasteiger charge is -2.11. The van der Waals surface area contributed by atoms with Gasteiger partial charge in [-0.25, -0.2) is 0 Å². The first-order chi connectivity index (χ1) is 15.0. The van der Waals surface area contributed by atoms with E-state index in [2.05, 4.69) is 25.6 Å². The smallest absolute Gasteiger partial charge is 0.323 e. The molecule has 0 spiro atoms. The van der Waals surface area contributed by atoms with Crippen LogP contribution in [0.3, 0.4) is 0 Å². The first kappa shape index (κ1) is 21.0. The summed E-state index contributed by atoms with van der Waals surface area (Å²) in [6.07, 6.45) is 1.83. The first-order valence-corrected chi connectivity index (χ1v) is 10.4. The Morgan fingerprint density at radius 3 is 2.77 bits per heavy atom. The lowest BCUT2D eigenvalue weighted by atomic mass is 10.1. The van der Waals surface area contributed by atoms with Gasteiger partial charge >= 0.3 is 5.97 Å². The number of benzene rings is 2. The standard InChI is InChI=1S/C22H23ClN6O2/c1-13-4-7-15(23)11-17(13)19-27-21(24)29-22(28-19)26-16-8-5-14(6-9-16)12-31-20(30)18-3-2-10-25-18/h4-9,11,18,25H,2-3,10,12H2,1H3,(H3,24,26,27,28,29). The Bertz CT molecular complexity index is 1080. The predicted molar refractivity (Wildman–Crippen MR) is 120 cm³/mol. The van der Waals surface area contributed by atoms with E-state index in [9.17, 15) is 4.79 Å². The molecular weight excluding hydrogens is 416 g/mol. The molecule has 0 saturated carbocycles. The number of carbonyl (C=O) groups is 1. The first-order valence-electron chi connectivity index (χ1n) is 10.0. The number of ether oxygens (including phenoxy) is 1. The Kier molecular flexibility index (Phi) is 6.29. The maximum absolute atomic E-state index is 12.0. The number of nitrogens with one attached hydrogen (secondary N) is 2. The zero-order chi connectivity index (χ0) is 21.8. The Labute approximate surface area is 185 Å². The quantitative estimate of drug-likeness (QED) is 0.500. The fourth-order valence-electron chi connectivity index (χ4n) is 3.36. The number of carbonyl (C=O) groups excluding carboxylic acids is 1. The molecule has 31 heavy (non-hydrogen) atoms. The maximum Gasteiger partial charge on any atom is 0.323 e. The van der Waals surface area contributed by atoms with Gasteiger partial charge in [0.1, 0.15) is 12.6 Å². The molecule has 1 unspecified atom stereocenters. The van der Waals surface area contributed by atoms with Crippen LogP contribution >= 0.6 is 11.6 Å². The van der Waals surface area contributed by atoms with E-state index in [4.69, 9.17) is 22.1 Å². The van der Waals surface area contributed by atoms with E-state index in [0.29, 0.717) is 16.8 Å². The molecule has 1 atom stereocenters. The van der Waals surface area contributed by atoms with E-state index in [1.54, 1.807) is 6.07 Å². The molecule has 1 fully saturated rings. The van der Waals surface area contributed by atoms with Crippen molar-refractivity contribution in [2.45, 2.75) is 32.4 Å². The average Bonchev–Trinajstić information content (AvgIpc) is 3.29. The monoisotopic (exact) mass is 438 g/mol. The highest BCUT2D eigenvalue weighted by molar-refractivity contribution is 6.30. The minimum atomic E-state index is -0.204. The van der Waals surface area contributed by atoms with Gasteiger partial charge in [0.2, 0.25) is 11.9 Å². The van der Waals surface area contributed by atoms with Gasteiger partial charge in [0.05, 0.1) is 0 Å². The summed E-state index contributed by atoms with van der Waals surface area (Å²) in [7, 11) is 0. The molecule has 0 bridgehead atoms. The Balaban J connectivity index is 1.43. The third-order valence-electron chi connectivity index (χ3n) is 5.03. The summed E-state index contributed by atoms with van der Waals surface area (Å²) in [6, 6.07) is 12.8. The van der Waals surface area contributed by atoms with E-state index in [1.807, 2.05) is 43.3 Å². The van der Waals surface area contributed by atoms with E-state index < -0.39 is 0 Å². The SMILES string of the molecule is Cc1ccc(Cl)cc1-c1nc(N)nc(Nc2ccc(COC(=O)C3CCCN3)cc2)n1. The minimum Gasteiger partial charge on any atom is -0.460 e. The third kappa shape index (κ3) is 5.28. The molecule has 0 radical (unpaired) electrons. The summed E-state index contributed by atoms with van der Waals surface area (Å²) in [6.45, 7) is 3.04. The largest absolute Gasteiger partial charge is 0.460 e. The average molecular weight is 439 g/mol. The molecule has 3 aromatic rings. The summed E-state index contributed by atoms with van der Waals surface area (Å²) in [4.78, 5) is 24.9. The van der Waals surface area contributed by atoms with Gasteiger partial charge in [-0.1, -0.05) is 29.8 Å². The molecule has 4 rings (SSSR count). The van der Waals surface area contributed by atoms with Crippen LogP contribution in [0.25, 0.3) is 11.4 Å². The lowest BCUT2D eigenvalue weighted by molar-refractivity contribution is -0.147. The number of rotatable bonds is 6. The van der Waals surface area contributed by atoms with E-state index in [1.165, 1.54) is 0 Å². The van der Waals surface area contributed by atoms with Crippen molar-refractivity contribution >= 4 is 35.2 Å². The molecular formula is C22H23ClN6O2. The number of esters is 1. The molecule has 1 aliphatic heterocycles. The number of nitrogens with zero attached hydrogens (tertiary/aromatic N) is 3. The normalized spacial score (nSPS) is 15.6. The topological polar surface area (TPSA) is 115 Å². The number of anilines is 3. The second-order valence-electron chi connectivity index (χ2n) is 7.38. The van der Waals surface area contributed by atoms with Crippen molar-refractivity contribution < 1.29 is 9.53 Å². The summed E-state index contributed by atoms with van der Waals surface area (Å²) in [5.41, 5.74) is 9.32. The third-order valence-corrected chi connectivity index (χ3v) is 5.26. The summed E-state index contributed by atoms with van der Waals surface area (Å²) in [5.74, 6) is 0.674. The number of nitrogen functional groups attached to an aromatic ring is 1. The van der Waals surface area contributed by atoms with Crippen molar-refractivity contribution in [1.82, 2.24) is 20.3 Å². The Hall–Kier alpha value is -3.23. The van der Waals surface area contributed by atoms with E-state index >= 15 is 0 Å². The second kappa shape index (κ2) is 9.28. The molecule has 1 aromatic heterocycles. The molecule has 2 heterocycles. The highest BCUT2D eigenvalue weighted by atomic mass is 35.5. The zero-order valence-corrected chi connectivity index (χ0v) is 17.8. The van der Waals surface area contributed by atoms with E-state index in [-0.39, 0.29) is 24.6 Å². The van der Waals surface area contributed by atoms with Crippen molar-refractivity contribution in [3.05, 3.63) is 58.6 Å². The number of aromatic nitrogens is 3. The van der Waals surface area contributed by atoms with Crippen molar-refractivity contribution in [3.63, 3.8) is 0 Å². The number of nitrogens with two attached hydrogens (primary N) is 1. The van der Waals surface area contributed by atoms with Gasteiger partial charge < -0.3 is 21.1 Å². The number of aryl methyl sites for hydroxylation is 1. The van der Waals surface area contributed by atoms with Crippen molar-refractivity contribution in [2.75, 3.05) is 17.6 Å². The van der Waals surface area contributed by atoms with Crippen molar-refractivity contribution in [3.8, 4) is 11.4 Å². The van der Waals surface area contributed by atoms with Gasteiger partial charge in [-0.05, 0) is 61.7 Å². The number of halogens is 1. The van der Waals surface area contributed by atoms with Gasteiger partial charge in [-0.3, -0.25) is 4.79 Å². The Morgan fingerprint density at radius 1 is 1.23 bits per heavy atom. The number of hydrogen-bond donors (Lipinski definition) is 3. The van der Waals surface area contributed by atoms with Crippen LogP contribution in [0.2, 0.25) is 5.02 Å². The highest BCUT2D eigenvalue weighted by Crippen LogP contribution is 2.25. The number of hydrogen-bond acceptors (Lipinski definition) is 8. The molecule has 0 aliphatic carbocycles. The molecule has 1 aliphatic rings. The van der Waals surface area contributed by atoms with Crippen LogP contribution in [0, 0.1) is 6.92 Å². The van der Waals surface area contributed by atoms with Gasteiger partial charge in [-0.15, -0.1) is 0 Å². The van der Waals surface area contributed by atoms with Crippen molar-refractivity contribution in [1.29, 1.82) is 0 Å². The van der Waals surface area contributed by atoms with Gasteiger partial charge in [0, 0.05) is 16.3 Å². The molecule has 2 aromatic carbocycles. The highest BCUT2D eigenvalue weighted by Gasteiger charge is 2.23. The van der Waals surface area contributed by atoms with Gasteiger partial charge in [0.15, 0.2) is 5.82 Å². The zero-order valence-electron chi connectivity index (χ0n) is 17.1. The van der Waals surface area contributed by atoms with Crippen LogP contribution in [0.15, 0.2) is 42.5 Å². The van der Waals surface area contributed by atoms with Crippen LogP contribution in [0.4, 0.5) is 17.6 Å². The summed E-state index contributed by atoms with van der Waals surface area (Å²) in [5, 5.41) is 6.86. The molecule has 4 N–H and O–H groups in total. The maximum atomic E-state index is 12.0. The fourth-order valence-corrected chi connectivity index (χ4v) is 3.53. The van der Waals surface area contributed by atoms with Gasteiger partial charge in [0.25, 0.3) is 0 Å². The van der Waals surface area contributed by atoms with Crippen molar-refractivity contribution in [2.24, 2.45) is 0 Å². The molecule has 160 valence electrons. The Morgan fingerprint density at radius 2 is 2.03 bits per heavy atom. The minimum absolute atomic E-state index is 0.107. The molecule has 8 nitrogen and oxygen atoms in total. The van der Waals surface area contributed by atoms with Crippen LogP contribution in [0.1, 0.15) is 24.0 Å². The van der Waals surface area contributed by atoms with Gasteiger partial charge in [-0.2, -0.15) is 15.0 Å². The van der Waals surface area contributed by atoms with Crippen LogP contribution in [-0.4, -0.2) is 33.5 Å². The summed E-state index contributed by atoms with van der Waals surface area (Å²) < 4.78 is 5.39. The fraction of sp³-hybridized carbons (Fsp3) is 0.273. The van der Waals surface area contributed by atoms with Crippen LogP contribution in [0.5, 0.6) is 0 Å². The molecule has 1 saturated heterocycles. The predicted octanol–water partition coefficient (Wildman–Crippen LogP) is 3.62. The molecule has 0 amide bonds. The van der Waals surface area contributed by atoms with Crippen LogP contribution < -0.4 is 16.4 Å². The second-order valence-corrected chi connectivity index (χ2v) is 7.82. The van der Waals surface area contributed by atoms with Crippen LogP contribution in [-0.2, 0) is 16.1 Å². The summed E-state index contributed by atoms with van der Waals surface area (Å²) >= 11 is 6.12. The molecule has 9 heteroatoms.